The highest BCUT2D eigenvalue weighted by molar-refractivity contribution is 6.42. The molecule has 0 saturated heterocycles. The highest BCUT2D eigenvalue weighted by Gasteiger charge is 2.25. The van der Waals surface area contributed by atoms with Crippen LogP contribution >= 0.6 is 23.2 Å². The number of carbonyl (C=O) groups is 2. The minimum Gasteiger partial charge on any atom is -0.482 e. The Labute approximate surface area is 149 Å². The maximum atomic E-state index is 12.1. The van der Waals surface area contributed by atoms with E-state index in [0.29, 0.717) is 27.2 Å². The molecule has 0 saturated carbocycles. The number of rotatable bonds is 4. The van der Waals surface area contributed by atoms with Crippen LogP contribution in [0.2, 0.25) is 10.0 Å². The van der Waals surface area contributed by atoms with E-state index < -0.39 is 0 Å². The summed E-state index contributed by atoms with van der Waals surface area (Å²) in [5.41, 5.74) is 1.24. The van der Waals surface area contributed by atoms with Crippen molar-refractivity contribution >= 4 is 46.4 Å². The molecule has 1 N–H and O–H groups in total. The summed E-state index contributed by atoms with van der Waals surface area (Å²) in [6, 6.07) is 12.1. The van der Waals surface area contributed by atoms with E-state index in [4.69, 9.17) is 27.9 Å². The minimum atomic E-state index is -0.217. The summed E-state index contributed by atoms with van der Waals surface area (Å²) < 4.78 is 5.37. The zero-order chi connectivity index (χ0) is 17.1. The Morgan fingerprint density at radius 2 is 1.96 bits per heavy atom. The third-order valence-electron chi connectivity index (χ3n) is 3.57. The van der Waals surface area contributed by atoms with Crippen LogP contribution in [0, 0.1) is 0 Å². The number of nitrogens with one attached hydrogen (secondary N) is 1. The van der Waals surface area contributed by atoms with Gasteiger partial charge in [0.25, 0.3) is 5.91 Å². The number of amides is 2. The molecule has 0 radical (unpaired) electrons. The number of para-hydroxylation sites is 2. The molecule has 2 amide bonds. The highest BCUT2D eigenvalue weighted by atomic mass is 35.5. The van der Waals surface area contributed by atoms with Gasteiger partial charge in [-0.2, -0.15) is 0 Å². The van der Waals surface area contributed by atoms with Crippen molar-refractivity contribution in [1.29, 1.82) is 0 Å². The summed E-state index contributed by atoms with van der Waals surface area (Å²) in [5, 5.41) is 3.53. The third kappa shape index (κ3) is 3.63. The van der Waals surface area contributed by atoms with Crippen LogP contribution in [0.4, 0.5) is 11.4 Å². The minimum absolute atomic E-state index is 0.0224. The van der Waals surface area contributed by atoms with Crippen LogP contribution in [0.5, 0.6) is 5.75 Å². The van der Waals surface area contributed by atoms with Crippen molar-refractivity contribution in [1.82, 2.24) is 0 Å². The van der Waals surface area contributed by atoms with E-state index >= 15 is 0 Å². The van der Waals surface area contributed by atoms with Crippen LogP contribution in [-0.4, -0.2) is 25.0 Å². The van der Waals surface area contributed by atoms with Crippen LogP contribution in [0.1, 0.15) is 6.42 Å². The van der Waals surface area contributed by atoms with Gasteiger partial charge in [0.1, 0.15) is 5.75 Å². The molecule has 24 heavy (non-hydrogen) atoms. The van der Waals surface area contributed by atoms with E-state index in [9.17, 15) is 9.59 Å². The first kappa shape index (κ1) is 16.6. The number of benzene rings is 2. The molecule has 0 aliphatic carbocycles. The fraction of sp³-hybridized carbons (Fsp3) is 0.176. The van der Waals surface area contributed by atoms with Gasteiger partial charge in [0.2, 0.25) is 5.91 Å². The van der Waals surface area contributed by atoms with Crippen molar-refractivity contribution in [2.45, 2.75) is 6.42 Å². The molecular weight excluding hydrogens is 351 g/mol. The van der Waals surface area contributed by atoms with E-state index in [2.05, 4.69) is 5.32 Å². The first-order chi connectivity index (χ1) is 11.5. The van der Waals surface area contributed by atoms with E-state index in [1.165, 1.54) is 0 Å². The molecule has 0 aromatic heterocycles. The number of anilines is 2. The van der Waals surface area contributed by atoms with Crippen molar-refractivity contribution in [2.75, 3.05) is 23.4 Å². The summed E-state index contributed by atoms with van der Waals surface area (Å²) in [6.45, 7) is 0.248. The average Bonchev–Trinajstić information content (AvgIpc) is 2.57. The number of hydrogen-bond donors (Lipinski definition) is 1. The smallest absolute Gasteiger partial charge is 0.265 e. The van der Waals surface area contributed by atoms with Crippen molar-refractivity contribution in [3.63, 3.8) is 0 Å². The van der Waals surface area contributed by atoms with Gasteiger partial charge in [-0.05, 0) is 30.3 Å². The molecule has 124 valence electrons. The lowest BCUT2D eigenvalue weighted by Crippen LogP contribution is -2.40. The second kappa shape index (κ2) is 7.11. The first-order valence-electron chi connectivity index (χ1n) is 7.31. The Morgan fingerprint density at radius 1 is 1.17 bits per heavy atom. The lowest BCUT2D eigenvalue weighted by molar-refractivity contribution is -0.121. The first-order valence-corrected chi connectivity index (χ1v) is 8.07. The molecule has 0 fully saturated rings. The quantitative estimate of drug-likeness (QED) is 0.898. The molecule has 5 nitrogen and oxygen atoms in total. The summed E-state index contributed by atoms with van der Waals surface area (Å²) >= 11 is 11.8. The fourth-order valence-electron chi connectivity index (χ4n) is 2.41. The largest absolute Gasteiger partial charge is 0.482 e. The fourth-order valence-corrected chi connectivity index (χ4v) is 2.71. The molecule has 0 bridgehead atoms. The molecule has 2 aromatic carbocycles. The Kier molecular flexibility index (Phi) is 4.92. The molecule has 1 aliphatic heterocycles. The van der Waals surface area contributed by atoms with E-state index in [1.54, 1.807) is 35.2 Å². The number of hydrogen-bond acceptors (Lipinski definition) is 3. The van der Waals surface area contributed by atoms with Gasteiger partial charge in [0, 0.05) is 18.7 Å². The lowest BCUT2D eigenvalue weighted by atomic mass is 10.2. The molecule has 0 atom stereocenters. The second-order valence-corrected chi connectivity index (χ2v) is 6.04. The Morgan fingerprint density at radius 3 is 2.75 bits per heavy atom. The molecule has 0 unspecified atom stereocenters. The van der Waals surface area contributed by atoms with Crippen molar-refractivity contribution in [2.24, 2.45) is 0 Å². The van der Waals surface area contributed by atoms with Gasteiger partial charge >= 0.3 is 0 Å². The molecule has 2 aromatic rings. The van der Waals surface area contributed by atoms with Gasteiger partial charge in [-0.1, -0.05) is 35.3 Å². The Bertz CT molecular complexity index is 795. The summed E-state index contributed by atoms with van der Waals surface area (Å²) in [6.07, 6.45) is 0.153. The molecular formula is C17H14Cl2N2O3. The van der Waals surface area contributed by atoms with Gasteiger partial charge in [0.05, 0.1) is 15.7 Å². The molecule has 1 heterocycles. The molecule has 3 rings (SSSR count). The predicted octanol–water partition coefficient (Wildman–Crippen LogP) is 3.75. The van der Waals surface area contributed by atoms with Gasteiger partial charge in [-0.3, -0.25) is 9.59 Å². The van der Waals surface area contributed by atoms with Crippen molar-refractivity contribution < 1.29 is 14.3 Å². The number of nitrogens with zero attached hydrogens (tertiary/aromatic N) is 1. The standard InChI is InChI=1S/C17H14Cl2N2O3/c18-12-6-5-11(9-13(12)19)20-16(22)7-8-21-14-3-1-2-4-15(14)24-10-17(21)23/h1-6,9H,7-8,10H2,(H,20,22). The van der Waals surface area contributed by atoms with E-state index in [1.807, 2.05) is 12.1 Å². The molecule has 1 aliphatic rings. The topological polar surface area (TPSA) is 58.6 Å². The highest BCUT2D eigenvalue weighted by Crippen LogP contribution is 2.31. The zero-order valence-corrected chi connectivity index (χ0v) is 14.1. The monoisotopic (exact) mass is 364 g/mol. The summed E-state index contributed by atoms with van der Waals surface area (Å²) in [5.74, 6) is 0.253. The maximum Gasteiger partial charge on any atom is 0.265 e. The zero-order valence-electron chi connectivity index (χ0n) is 12.6. The molecule has 7 heteroatoms. The van der Waals surface area contributed by atoms with Crippen LogP contribution in [0.15, 0.2) is 42.5 Å². The maximum absolute atomic E-state index is 12.1. The number of carbonyl (C=O) groups excluding carboxylic acids is 2. The van der Waals surface area contributed by atoms with Crippen LogP contribution < -0.4 is 15.0 Å². The van der Waals surface area contributed by atoms with Crippen LogP contribution in [0.3, 0.4) is 0 Å². The van der Waals surface area contributed by atoms with Crippen LogP contribution in [-0.2, 0) is 9.59 Å². The Hall–Kier alpha value is -2.24. The van der Waals surface area contributed by atoms with Gasteiger partial charge in [0.15, 0.2) is 6.61 Å². The van der Waals surface area contributed by atoms with Crippen molar-refractivity contribution in [3.05, 3.63) is 52.5 Å². The van der Waals surface area contributed by atoms with Crippen LogP contribution in [0.25, 0.3) is 0 Å². The second-order valence-electron chi connectivity index (χ2n) is 5.23. The van der Waals surface area contributed by atoms with E-state index in [0.717, 1.165) is 0 Å². The Balaban J connectivity index is 1.64. The van der Waals surface area contributed by atoms with Gasteiger partial charge in [-0.15, -0.1) is 0 Å². The molecule has 0 spiro atoms. The van der Waals surface area contributed by atoms with Gasteiger partial charge < -0.3 is 15.0 Å². The SMILES string of the molecule is O=C(CCN1C(=O)COc2ccccc21)Nc1ccc(Cl)c(Cl)c1. The number of fused-ring (bicyclic) bond motifs is 1. The lowest BCUT2D eigenvalue weighted by Gasteiger charge is -2.29. The summed E-state index contributed by atoms with van der Waals surface area (Å²) in [7, 11) is 0. The number of halogens is 2. The average molecular weight is 365 g/mol. The van der Waals surface area contributed by atoms with E-state index in [-0.39, 0.29) is 31.4 Å². The predicted molar refractivity (Wildman–Crippen MR) is 94.0 cm³/mol. The normalized spacial score (nSPS) is 13.2. The third-order valence-corrected chi connectivity index (χ3v) is 4.31. The van der Waals surface area contributed by atoms with Crippen molar-refractivity contribution in [3.8, 4) is 5.75 Å². The summed E-state index contributed by atoms with van der Waals surface area (Å²) in [4.78, 5) is 25.7. The number of ether oxygens (including phenoxy) is 1. The van der Waals surface area contributed by atoms with Gasteiger partial charge in [-0.25, -0.2) is 0 Å².